The Hall–Kier alpha value is -6.24. The van der Waals surface area contributed by atoms with Crippen molar-refractivity contribution in [1.82, 2.24) is 26.6 Å². The molecule has 0 aliphatic rings. The fraction of sp³-hybridized carbons (Fsp3) is 0.444. The van der Waals surface area contributed by atoms with E-state index in [4.69, 9.17) is 17.2 Å². The van der Waals surface area contributed by atoms with Crippen molar-refractivity contribution in [2.45, 2.75) is 89.1 Å². The number of carboxylic acid groups (broad SMARTS) is 2. The molecule has 0 aliphatic carbocycles. The Morgan fingerprint density at radius 1 is 0.655 bits per heavy atom. The topological polar surface area (TPSA) is 331 Å². The molecule has 0 aromatic heterocycles. The molecule has 55 heavy (non-hydrogen) atoms. The largest absolute Gasteiger partial charge is 0.508 e. The first-order valence-electron chi connectivity index (χ1n) is 17.5. The average Bonchev–Trinajstić information content (AvgIpc) is 3.11. The zero-order valence-corrected chi connectivity index (χ0v) is 30.9. The number of aliphatic imine (C=N–C) groups is 1. The molecule has 0 unspecified atom stereocenters. The third kappa shape index (κ3) is 16.1. The molecule has 0 fully saturated rings. The van der Waals surface area contributed by atoms with Crippen LogP contribution in [0.4, 0.5) is 0 Å². The molecule has 0 heterocycles. The van der Waals surface area contributed by atoms with Crippen LogP contribution in [0, 0.1) is 5.92 Å². The first-order valence-corrected chi connectivity index (χ1v) is 17.5. The molecule has 2 rings (SSSR count). The van der Waals surface area contributed by atoms with Gasteiger partial charge in [-0.25, -0.2) is 4.79 Å². The maximum absolute atomic E-state index is 14.1. The predicted molar refractivity (Wildman–Crippen MR) is 200 cm³/mol. The first-order chi connectivity index (χ1) is 25.9. The summed E-state index contributed by atoms with van der Waals surface area (Å²) in [4.78, 5) is 94.7. The van der Waals surface area contributed by atoms with Gasteiger partial charge >= 0.3 is 11.9 Å². The van der Waals surface area contributed by atoms with E-state index in [0.717, 1.165) is 0 Å². The summed E-state index contributed by atoms with van der Waals surface area (Å²) in [6.07, 6.45) is -0.930. The smallest absolute Gasteiger partial charge is 0.326 e. The Bertz CT molecular complexity index is 1670. The summed E-state index contributed by atoms with van der Waals surface area (Å²) in [5.74, 6) is -8.01. The van der Waals surface area contributed by atoms with Gasteiger partial charge in [-0.1, -0.05) is 56.3 Å². The highest BCUT2D eigenvalue weighted by Gasteiger charge is 2.34. The van der Waals surface area contributed by atoms with Gasteiger partial charge in [-0.3, -0.25) is 33.8 Å². The first kappa shape index (κ1) is 44.9. The van der Waals surface area contributed by atoms with Crippen molar-refractivity contribution in [2.24, 2.45) is 28.1 Å². The van der Waals surface area contributed by atoms with Gasteiger partial charge in [0.05, 0.1) is 12.5 Å². The molecule has 14 N–H and O–H groups in total. The average molecular weight is 770 g/mol. The fourth-order valence-electron chi connectivity index (χ4n) is 5.18. The number of phenolic OH excluding ortho intramolecular Hbond substituents is 1. The number of phenols is 1. The number of nitrogens with one attached hydrogen (secondary N) is 5. The van der Waals surface area contributed by atoms with Crippen LogP contribution in [0.1, 0.15) is 51.2 Å². The molecule has 6 atom stereocenters. The number of nitrogens with two attached hydrogens (primary N) is 3. The molecular formula is C36H51N9O10. The van der Waals surface area contributed by atoms with Gasteiger partial charge in [0.25, 0.3) is 0 Å². The van der Waals surface area contributed by atoms with E-state index in [1.807, 2.05) is 0 Å². The molecule has 5 amide bonds. The highest BCUT2D eigenvalue weighted by molar-refractivity contribution is 5.97. The summed E-state index contributed by atoms with van der Waals surface area (Å²) in [5, 5.41) is 41.3. The van der Waals surface area contributed by atoms with E-state index in [2.05, 4.69) is 31.6 Å². The Morgan fingerprint density at radius 2 is 1.13 bits per heavy atom. The highest BCUT2D eigenvalue weighted by atomic mass is 16.4. The number of rotatable bonds is 22. The number of carbonyl (C=O) groups excluding carboxylic acids is 5. The van der Waals surface area contributed by atoms with E-state index in [0.29, 0.717) is 11.1 Å². The van der Waals surface area contributed by atoms with E-state index in [-0.39, 0.29) is 43.9 Å². The monoisotopic (exact) mass is 769 g/mol. The number of amides is 5. The highest BCUT2D eigenvalue weighted by Crippen LogP contribution is 2.13. The normalized spacial score (nSPS) is 14.1. The second-order valence-electron chi connectivity index (χ2n) is 13.2. The third-order valence-electron chi connectivity index (χ3n) is 8.16. The number of carbonyl (C=O) groups is 7. The zero-order chi connectivity index (χ0) is 41.2. The quantitative estimate of drug-likeness (QED) is 0.0359. The number of nitrogens with zero attached hydrogens (tertiary/aromatic N) is 1. The summed E-state index contributed by atoms with van der Waals surface area (Å²) in [6.45, 7) is 4.61. The lowest BCUT2D eigenvalue weighted by atomic mass is 10.0. The summed E-state index contributed by atoms with van der Waals surface area (Å²) in [7, 11) is 0. The van der Waals surface area contributed by atoms with Crippen LogP contribution in [0.3, 0.4) is 0 Å². The van der Waals surface area contributed by atoms with Crippen LogP contribution in [-0.4, -0.2) is 106 Å². The van der Waals surface area contributed by atoms with E-state index in [1.165, 1.54) is 45.0 Å². The van der Waals surface area contributed by atoms with Crippen molar-refractivity contribution >= 4 is 47.4 Å². The van der Waals surface area contributed by atoms with Crippen LogP contribution in [0.25, 0.3) is 0 Å². The molecule has 2 aromatic carbocycles. The Morgan fingerprint density at radius 3 is 1.60 bits per heavy atom. The molecular weight excluding hydrogens is 718 g/mol. The lowest BCUT2D eigenvalue weighted by molar-refractivity contribution is -0.144. The number of carboxylic acids is 2. The number of benzene rings is 2. The van der Waals surface area contributed by atoms with Crippen molar-refractivity contribution in [1.29, 1.82) is 0 Å². The van der Waals surface area contributed by atoms with Gasteiger partial charge in [-0.2, -0.15) is 0 Å². The standard InChI is InChI=1S/C36H51N9O10/c1-19(2)29(35(54)55)45-34(53)27(18-28(47)48)44-33(52)25(16-21-8-5-4-6-9-21)43-32(51)26(17-22-11-13-23(46)14-12-22)42-31(50)24(41-30(49)20(3)37)10-7-15-40-36(38)39/h4-6,8-9,11-14,19-20,24-27,29,46H,7,10,15-18,37H2,1-3H3,(H,41,49)(H,42,50)(H,43,51)(H,44,52)(H,45,53)(H,47,48)(H,54,55)(H4,38,39,40)/t20-,24-,25-,26-,27-,29-/m0/s1. The van der Waals surface area contributed by atoms with Gasteiger partial charge in [0.2, 0.25) is 29.5 Å². The van der Waals surface area contributed by atoms with E-state index < -0.39 is 90.1 Å². The van der Waals surface area contributed by atoms with Gasteiger partial charge < -0.3 is 59.1 Å². The number of aliphatic carboxylic acids is 2. The minimum absolute atomic E-state index is 0.0419. The summed E-state index contributed by atoms with van der Waals surface area (Å²) in [5.41, 5.74) is 17.5. The van der Waals surface area contributed by atoms with Crippen LogP contribution in [0.5, 0.6) is 5.75 Å². The molecule has 0 radical (unpaired) electrons. The van der Waals surface area contributed by atoms with Crippen molar-refractivity contribution in [3.8, 4) is 5.75 Å². The van der Waals surface area contributed by atoms with Crippen LogP contribution in [0.2, 0.25) is 0 Å². The van der Waals surface area contributed by atoms with E-state index >= 15 is 0 Å². The molecule has 0 saturated carbocycles. The SMILES string of the molecule is CC(C)[C@H](NC(=O)[C@H](CC(=O)O)NC(=O)[C@H](Cc1ccccc1)NC(=O)[C@H](Cc1ccc(O)cc1)NC(=O)[C@H](CCCN=C(N)N)NC(=O)[C@H](C)N)C(=O)O. The molecule has 0 bridgehead atoms. The molecule has 2 aromatic rings. The molecule has 0 aliphatic heterocycles. The Balaban J connectivity index is 2.48. The minimum Gasteiger partial charge on any atom is -0.508 e. The summed E-state index contributed by atoms with van der Waals surface area (Å²) >= 11 is 0. The zero-order valence-electron chi connectivity index (χ0n) is 30.9. The Kier molecular flexibility index (Phi) is 18.0. The molecule has 300 valence electrons. The number of hydrogen-bond donors (Lipinski definition) is 11. The van der Waals surface area contributed by atoms with Crippen molar-refractivity contribution in [2.75, 3.05) is 6.54 Å². The van der Waals surface area contributed by atoms with Crippen LogP contribution < -0.4 is 43.8 Å². The molecule has 0 spiro atoms. The van der Waals surface area contributed by atoms with Gasteiger partial charge in [0.15, 0.2) is 5.96 Å². The van der Waals surface area contributed by atoms with Gasteiger partial charge in [-0.15, -0.1) is 0 Å². The summed E-state index contributed by atoms with van der Waals surface area (Å²) in [6, 6.07) is 6.04. The second-order valence-corrected chi connectivity index (χ2v) is 13.2. The van der Waals surface area contributed by atoms with E-state index in [1.54, 1.807) is 30.3 Å². The maximum atomic E-state index is 14.1. The fourth-order valence-corrected chi connectivity index (χ4v) is 5.18. The number of hydrogen-bond acceptors (Lipinski definition) is 10. The molecule has 0 saturated heterocycles. The van der Waals surface area contributed by atoms with Crippen molar-refractivity contribution in [3.63, 3.8) is 0 Å². The molecule has 19 heteroatoms. The second kappa shape index (κ2) is 22.1. The minimum atomic E-state index is -1.73. The maximum Gasteiger partial charge on any atom is 0.326 e. The third-order valence-corrected chi connectivity index (χ3v) is 8.16. The van der Waals surface area contributed by atoms with Crippen LogP contribution >= 0.6 is 0 Å². The van der Waals surface area contributed by atoms with Crippen molar-refractivity contribution in [3.05, 3.63) is 65.7 Å². The predicted octanol–water partition coefficient (Wildman–Crippen LogP) is -1.78. The van der Waals surface area contributed by atoms with Crippen LogP contribution in [0.15, 0.2) is 59.6 Å². The number of aromatic hydroxyl groups is 1. The Labute approximate surface area is 317 Å². The van der Waals surface area contributed by atoms with E-state index in [9.17, 15) is 48.9 Å². The van der Waals surface area contributed by atoms with Gasteiger partial charge in [-0.05, 0) is 48.9 Å². The van der Waals surface area contributed by atoms with Crippen molar-refractivity contribution < 1.29 is 48.9 Å². The van der Waals surface area contributed by atoms with Gasteiger partial charge in [0.1, 0.15) is 36.0 Å². The lowest BCUT2D eigenvalue weighted by Gasteiger charge is -2.27. The van der Waals surface area contributed by atoms with Crippen LogP contribution in [-0.2, 0) is 46.4 Å². The lowest BCUT2D eigenvalue weighted by Crippen LogP contribution is -2.60. The summed E-state index contributed by atoms with van der Waals surface area (Å²) < 4.78 is 0. The molecule has 19 nitrogen and oxygen atoms in total. The number of guanidine groups is 1. The van der Waals surface area contributed by atoms with Gasteiger partial charge in [0, 0.05) is 19.4 Å².